The lowest BCUT2D eigenvalue weighted by Gasteiger charge is -1.99. The van der Waals surface area contributed by atoms with Crippen LogP contribution < -0.4 is 0 Å². The maximum Gasteiger partial charge on any atom is 0.306 e. The fraction of sp³-hybridized carbons (Fsp3) is 0.600. The van der Waals surface area contributed by atoms with Gasteiger partial charge in [0.25, 0.3) is 0 Å². The molecule has 0 aromatic carbocycles. The van der Waals surface area contributed by atoms with Gasteiger partial charge in [0.1, 0.15) is 6.10 Å². The topological polar surface area (TPSA) is 74.6 Å². The Bertz CT molecular complexity index is 129. The molecule has 0 bridgehead atoms. The van der Waals surface area contributed by atoms with E-state index in [4.69, 9.17) is 10.2 Å². The van der Waals surface area contributed by atoms with Gasteiger partial charge in [-0.2, -0.15) is 0 Å². The predicted molar refractivity (Wildman–Crippen MR) is 28.9 cm³/mol. The van der Waals surface area contributed by atoms with Crippen LogP contribution in [0.5, 0.6) is 0 Å². The number of aliphatic hydroxyl groups excluding tert-OH is 1. The van der Waals surface area contributed by atoms with Crippen LogP contribution in [-0.4, -0.2) is 28.1 Å². The fourth-order valence-electron chi connectivity index (χ4n) is 0.309. The smallest absolute Gasteiger partial charge is 0.306 e. The minimum absolute atomic E-state index is 0.505. The van der Waals surface area contributed by atoms with Crippen LogP contribution in [0.25, 0.3) is 0 Å². The molecule has 0 aliphatic carbocycles. The Morgan fingerprint density at radius 3 is 2.11 bits per heavy atom. The Hall–Kier alpha value is -0.900. The molecule has 2 N–H and O–H groups in total. The van der Waals surface area contributed by atoms with Crippen molar-refractivity contribution in [2.24, 2.45) is 0 Å². The summed E-state index contributed by atoms with van der Waals surface area (Å²) in [6.07, 6.45) is -1.85. The first-order valence-corrected chi connectivity index (χ1v) is 2.44. The van der Waals surface area contributed by atoms with Gasteiger partial charge in [-0.05, 0) is 6.92 Å². The number of hydrogen-bond donors (Lipinski definition) is 2. The second kappa shape index (κ2) is 3.19. The first-order valence-electron chi connectivity index (χ1n) is 2.44. The number of carboxylic acid groups (broad SMARTS) is 1. The molecular formula is C5H8O4. The summed E-state index contributed by atoms with van der Waals surface area (Å²) >= 11 is 0. The Morgan fingerprint density at radius 2 is 2.00 bits per heavy atom. The van der Waals surface area contributed by atoms with Gasteiger partial charge < -0.3 is 10.2 Å². The minimum atomic E-state index is -1.34. The highest BCUT2D eigenvalue weighted by Crippen LogP contribution is 1.91. The Balaban J connectivity index is 3.63. The van der Waals surface area contributed by atoms with E-state index < -0.39 is 24.3 Å². The molecular weight excluding hydrogens is 124 g/mol. The van der Waals surface area contributed by atoms with Gasteiger partial charge in [-0.15, -0.1) is 0 Å². The molecule has 0 aromatic heterocycles. The van der Waals surface area contributed by atoms with Crippen LogP contribution in [-0.2, 0) is 9.59 Å². The van der Waals surface area contributed by atoms with E-state index in [1.165, 1.54) is 0 Å². The maximum atomic E-state index is 10.2. The van der Waals surface area contributed by atoms with Gasteiger partial charge in [-0.25, -0.2) is 0 Å². The third kappa shape index (κ3) is 3.66. The molecule has 4 heteroatoms. The molecule has 52 valence electrons. The van der Waals surface area contributed by atoms with Crippen LogP contribution in [0.2, 0.25) is 0 Å². The molecule has 0 aliphatic heterocycles. The van der Waals surface area contributed by atoms with E-state index in [0.717, 1.165) is 6.92 Å². The molecule has 0 heterocycles. The Kier molecular flexibility index (Phi) is 2.87. The highest BCUT2D eigenvalue weighted by molar-refractivity contribution is 5.84. The number of carbonyl (C=O) groups is 2. The largest absolute Gasteiger partial charge is 0.481 e. The first kappa shape index (κ1) is 8.10. The first-order chi connectivity index (χ1) is 4.04. The summed E-state index contributed by atoms with van der Waals surface area (Å²) in [7, 11) is 0. The van der Waals surface area contributed by atoms with Crippen LogP contribution in [0, 0.1) is 0 Å². The summed E-state index contributed by atoms with van der Waals surface area (Å²) in [5, 5.41) is 16.6. The SMILES string of the molecule is CC(=O)[C@@H](O)CC(=O)O. The predicted octanol–water partition coefficient (Wildman–Crippen LogP) is -0.589. The number of aliphatic hydroxyl groups is 1. The van der Waals surface area contributed by atoms with E-state index in [1.807, 2.05) is 0 Å². The minimum Gasteiger partial charge on any atom is -0.481 e. The van der Waals surface area contributed by atoms with Crippen LogP contribution in [0.4, 0.5) is 0 Å². The van der Waals surface area contributed by atoms with E-state index in [9.17, 15) is 9.59 Å². The average Bonchev–Trinajstić information content (AvgIpc) is 1.63. The van der Waals surface area contributed by atoms with Crippen molar-refractivity contribution in [2.75, 3.05) is 0 Å². The molecule has 0 unspecified atom stereocenters. The molecule has 0 fully saturated rings. The van der Waals surface area contributed by atoms with Crippen molar-refractivity contribution in [1.82, 2.24) is 0 Å². The molecule has 0 saturated heterocycles. The van der Waals surface area contributed by atoms with Gasteiger partial charge in [-0.1, -0.05) is 0 Å². The zero-order chi connectivity index (χ0) is 7.44. The summed E-state index contributed by atoms with van der Waals surface area (Å²) in [4.78, 5) is 20.0. The zero-order valence-electron chi connectivity index (χ0n) is 5.00. The lowest BCUT2D eigenvalue weighted by Crippen LogP contribution is -2.20. The lowest BCUT2D eigenvalue weighted by atomic mass is 10.2. The maximum absolute atomic E-state index is 10.2. The fourth-order valence-corrected chi connectivity index (χ4v) is 0.309. The number of ketones is 1. The van der Waals surface area contributed by atoms with Crippen molar-refractivity contribution in [3.05, 3.63) is 0 Å². The van der Waals surface area contributed by atoms with Gasteiger partial charge in [0, 0.05) is 0 Å². The van der Waals surface area contributed by atoms with E-state index in [1.54, 1.807) is 0 Å². The molecule has 0 saturated carbocycles. The van der Waals surface area contributed by atoms with Crippen molar-refractivity contribution < 1.29 is 19.8 Å². The third-order valence-corrected chi connectivity index (χ3v) is 0.837. The summed E-state index contributed by atoms with van der Waals surface area (Å²) in [6, 6.07) is 0. The number of carbonyl (C=O) groups excluding carboxylic acids is 1. The highest BCUT2D eigenvalue weighted by atomic mass is 16.4. The molecule has 0 rings (SSSR count). The van der Waals surface area contributed by atoms with Crippen LogP contribution in [0.1, 0.15) is 13.3 Å². The Morgan fingerprint density at radius 1 is 1.56 bits per heavy atom. The van der Waals surface area contributed by atoms with Gasteiger partial charge in [0.2, 0.25) is 0 Å². The molecule has 1 atom stereocenters. The van der Waals surface area contributed by atoms with E-state index in [2.05, 4.69) is 0 Å². The van der Waals surface area contributed by atoms with Gasteiger partial charge >= 0.3 is 5.97 Å². The number of rotatable bonds is 3. The number of carboxylic acids is 1. The Labute approximate surface area is 52.1 Å². The second-order valence-corrected chi connectivity index (χ2v) is 1.72. The normalized spacial score (nSPS) is 12.7. The molecule has 0 radical (unpaired) electrons. The number of aliphatic carboxylic acids is 1. The van der Waals surface area contributed by atoms with Gasteiger partial charge in [0.05, 0.1) is 6.42 Å². The van der Waals surface area contributed by atoms with Crippen molar-refractivity contribution in [1.29, 1.82) is 0 Å². The molecule has 0 aromatic rings. The third-order valence-electron chi connectivity index (χ3n) is 0.837. The van der Waals surface area contributed by atoms with Crippen molar-refractivity contribution >= 4 is 11.8 Å². The van der Waals surface area contributed by atoms with E-state index in [0.29, 0.717) is 0 Å². The van der Waals surface area contributed by atoms with Gasteiger partial charge in [0.15, 0.2) is 5.78 Å². The van der Waals surface area contributed by atoms with Crippen molar-refractivity contribution in [3.8, 4) is 0 Å². The number of hydrogen-bond acceptors (Lipinski definition) is 3. The summed E-state index contributed by atoms with van der Waals surface area (Å²) < 4.78 is 0. The average molecular weight is 132 g/mol. The molecule has 0 amide bonds. The van der Waals surface area contributed by atoms with Gasteiger partial charge in [-0.3, -0.25) is 9.59 Å². The van der Waals surface area contributed by atoms with Crippen LogP contribution in [0.3, 0.4) is 0 Å². The van der Waals surface area contributed by atoms with E-state index in [-0.39, 0.29) is 0 Å². The molecule has 0 spiro atoms. The van der Waals surface area contributed by atoms with Crippen molar-refractivity contribution in [2.45, 2.75) is 19.4 Å². The quantitative estimate of drug-likeness (QED) is 0.538. The molecule has 0 aliphatic rings. The number of Topliss-reactive ketones (excluding diaryl/α,β-unsaturated/α-hetero) is 1. The lowest BCUT2D eigenvalue weighted by molar-refractivity contribution is -0.142. The second-order valence-electron chi connectivity index (χ2n) is 1.72. The van der Waals surface area contributed by atoms with E-state index >= 15 is 0 Å². The zero-order valence-corrected chi connectivity index (χ0v) is 5.00. The van der Waals surface area contributed by atoms with Crippen molar-refractivity contribution in [3.63, 3.8) is 0 Å². The highest BCUT2D eigenvalue weighted by Gasteiger charge is 2.12. The summed E-state index contributed by atoms with van der Waals surface area (Å²) in [5.41, 5.74) is 0. The molecule has 4 nitrogen and oxygen atoms in total. The van der Waals surface area contributed by atoms with Crippen LogP contribution >= 0.6 is 0 Å². The monoisotopic (exact) mass is 132 g/mol. The van der Waals surface area contributed by atoms with Crippen LogP contribution in [0.15, 0.2) is 0 Å². The summed E-state index contributed by atoms with van der Waals surface area (Å²) in [5.74, 6) is -1.69. The summed E-state index contributed by atoms with van der Waals surface area (Å²) in [6.45, 7) is 1.15. The standard InChI is InChI=1S/C5H8O4/c1-3(6)4(7)2-5(8)9/h4,7H,2H2,1H3,(H,8,9)/t4-/m0/s1. The molecule has 9 heavy (non-hydrogen) atoms.